The van der Waals surface area contributed by atoms with Crippen LogP contribution in [0.5, 0.6) is 0 Å². The second kappa shape index (κ2) is 7.98. The molecule has 2 aromatic heterocycles. The molecule has 0 unspecified atom stereocenters. The molecule has 0 amide bonds. The summed E-state index contributed by atoms with van der Waals surface area (Å²) in [4.78, 5) is 5.32. The molecule has 2 nitrogen and oxygen atoms in total. The first-order valence-corrected chi connectivity index (χ1v) is 12.4. The summed E-state index contributed by atoms with van der Waals surface area (Å²) < 4.78 is 6.65. The van der Waals surface area contributed by atoms with Gasteiger partial charge in [0.25, 0.3) is 0 Å². The highest BCUT2D eigenvalue weighted by molar-refractivity contribution is 6.11. The maximum absolute atomic E-state index is 6.65. The lowest BCUT2D eigenvalue weighted by atomic mass is 9.82. The van der Waals surface area contributed by atoms with Crippen LogP contribution < -0.4 is 0 Å². The van der Waals surface area contributed by atoms with Crippen molar-refractivity contribution >= 4 is 32.6 Å². The quantitative estimate of drug-likeness (QED) is 0.274. The van der Waals surface area contributed by atoms with Crippen LogP contribution >= 0.6 is 0 Å². The summed E-state index contributed by atoms with van der Waals surface area (Å²) in [5.74, 6) is 1.61. The fourth-order valence-electron chi connectivity index (χ4n) is 5.37. The molecule has 2 heterocycles. The molecule has 0 aliphatic rings. The van der Waals surface area contributed by atoms with E-state index in [2.05, 4.69) is 104 Å². The van der Waals surface area contributed by atoms with Crippen molar-refractivity contribution in [2.24, 2.45) is 5.92 Å². The summed E-state index contributed by atoms with van der Waals surface area (Å²) in [5.41, 5.74) is 9.21. The lowest BCUT2D eigenvalue weighted by Gasteiger charge is -2.23. The van der Waals surface area contributed by atoms with Gasteiger partial charge in [0.1, 0.15) is 11.3 Å². The van der Waals surface area contributed by atoms with Gasteiger partial charge in [0.05, 0.1) is 16.6 Å². The Morgan fingerprint density at radius 2 is 1.65 bits per heavy atom. The largest absolute Gasteiger partial charge is 0.460 e. The number of pyridine rings is 1. The van der Waals surface area contributed by atoms with Gasteiger partial charge in [-0.25, -0.2) is 4.98 Å². The van der Waals surface area contributed by atoms with Crippen LogP contribution in [-0.2, 0) is 11.8 Å². The topological polar surface area (TPSA) is 26.0 Å². The van der Waals surface area contributed by atoms with E-state index >= 15 is 0 Å². The number of fused-ring (bicyclic) bond motifs is 4. The van der Waals surface area contributed by atoms with Gasteiger partial charge >= 0.3 is 0 Å². The summed E-state index contributed by atoms with van der Waals surface area (Å²) >= 11 is 0. The number of aromatic nitrogens is 1. The number of aryl methyl sites for hydroxylation is 3. The second-order valence-corrected chi connectivity index (χ2v) is 11.4. The Bertz CT molecular complexity index is 1560. The van der Waals surface area contributed by atoms with Crippen LogP contribution in [0.2, 0.25) is 0 Å². The first-order valence-electron chi connectivity index (χ1n) is 12.4. The number of hydrogen-bond donors (Lipinski definition) is 0. The van der Waals surface area contributed by atoms with Crippen molar-refractivity contribution in [3.63, 3.8) is 0 Å². The molecule has 0 saturated carbocycles. The molecule has 5 aromatic rings. The zero-order valence-corrected chi connectivity index (χ0v) is 21.8. The number of rotatable bonds is 3. The molecule has 0 bridgehead atoms. The monoisotopic (exact) mass is 449 g/mol. The molecule has 174 valence electrons. The van der Waals surface area contributed by atoms with Crippen molar-refractivity contribution < 1.29 is 4.42 Å². The summed E-state index contributed by atoms with van der Waals surface area (Å²) in [6, 6.07) is 17.8. The molecule has 0 N–H and O–H groups in total. The molecule has 0 saturated heterocycles. The molecule has 0 aliphatic carbocycles. The summed E-state index contributed by atoms with van der Waals surface area (Å²) in [7, 11) is 0. The molecular weight excluding hydrogens is 414 g/mol. The predicted molar refractivity (Wildman–Crippen MR) is 146 cm³/mol. The van der Waals surface area contributed by atoms with Gasteiger partial charge in [-0.15, -0.1) is 0 Å². The normalized spacial score (nSPS) is 12.5. The number of nitrogens with zero attached hydrogens (tertiary/aromatic N) is 1. The minimum absolute atomic E-state index is 0.0208. The summed E-state index contributed by atoms with van der Waals surface area (Å²) in [6.45, 7) is 17.9. The van der Waals surface area contributed by atoms with Crippen LogP contribution in [0.4, 0.5) is 0 Å². The van der Waals surface area contributed by atoms with Gasteiger partial charge in [0, 0.05) is 22.9 Å². The highest BCUT2D eigenvalue weighted by Gasteiger charge is 2.24. The highest BCUT2D eigenvalue weighted by Crippen LogP contribution is 2.42. The maximum atomic E-state index is 6.65. The van der Waals surface area contributed by atoms with Gasteiger partial charge in [-0.3, -0.25) is 0 Å². The van der Waals surface area contributed by atoms with E-state index in [0.717, 1.165) is 45.3 Å². The van der Waals surface area contributed by atoms with E-state index in [1.54, 1.807) is 0 Å². The van der Waals surface area contributed by atoms with Crippen molar-refractivity contribution in [3.8, 4) is 11.3 Å². The van der Waals surface area contributed by atoms with Gasteiger partial charge in [-0.2, -0.15) is 0 Å². The minimum Gasteiger partial charge on any atom is -0.460 e. The van der Waals surface area contributed by atoms with Crippen LogP contribution in [0.3, 0.4) is 0 Å². The first-order chi connectivity index (χ1) is 16.0. The second-order valence-electron chi connectivity index (χ2n) is 11.4. The van der Waals surface area contributed by atoms with E-state index in [1.165, 1.54) is 33.0 Å². The van der Waals surface area contributed by atoms with E-state index in [1.807, 2.05) is 0 Å². The Morgan fingerprint density at radius 1 is 0.912 bits per heavy atom. The molecule has 0 aliphatic heterocycles. The van der Waals surface area contributed by atoms with E-state index in [0.29, 0.717) is 5.92 Å². The van der Waals surface area contributed by atoms with Crippen LogP contribution in [0, 0.1) is 26.7 Å². The molecule has 2 heteroatoms. The Hall–Kier alpha value is -3.13. The Kier molecular flexibility index (Phi) is 5.31. The van der Waals surface area contributed by atoms with Gasteiger partial charge in [-0.05, 0) is 77.8 Å². The Morgan fingerprint density at radius 3 is 2.35 bits per heavy atom. The zero-order valence-electron chi connectivity index (χ0n) is 21.8. The van der Waals surface area contributed by atoms with Crippen LogP contribution in [0.1, 0.15) is 62.6 Å². The Labute approximate surface area is 203 Å². The average Bonchev–Trinajstić information content (AvgIpc) is 3.06. The third-order valence-corrected chi connectivity index (χ3v) is 6.94. The van der Waals surface area contributed by atoms with Gasteiger partial charge in [-0.1, -0.05) is 65.0 Å². The zero-order chi connectivity index (χ0) is 24.4. The molecule has 0 radical (unpaired) electrons. The molecule has 3 aromatic carbocycles. The fraction of sp³-hybridized carbons (Fsp3) is 0.344. The third-order valence-electron chi connectivity index (χ3n) is 6.94. The van der Waals surface area contributed by atoms with E-state index < -0.39 is 0 Å². The number of benzene rings is 3. The smallest absolute Gasteiger partial charge is 0.146 e. The van der Waals surface area contributed by atoms with Crippen molar-refractivity contribution in [2.75, 3.05) is 0 Å². The maximum Gasteiger partial charge on any atom is 0.146 e. The standard InChI is InChI=1S/C32H35NO/c1-18(2)13-27-21(5)29-30(33-26-15-19(3)14-20(4)28(26)31(29)34-27)23-16-22-11-9-10-12-24(22)25(17-23)32(6,7)8/h9-12,14-18H,13H2,1-8H3. The van der Waals surface area contributed by atoms with E-state index in [9.17, 15) is 0 Å². The van der Waals surface area contributed by atoms with Crippen molar-refractivity contribution in [1.82, 2.24) is 4.98 Å². The average molecular weight is 450 g/mol. The molecule has 5 rings (SSSR count). The lowest BCUT2D eigenvalue weighted by Crippen LogP contribution is -2.12. The van der Waals surface area contributed by atoms with Crippen molar-refractivity contribution in [1.29, 1.82) is 0 Å². The fourth-order valence-corrected chi connectivity index (χ4v) is 5.37. The number of furan rings is 1. The SMILES string of the molecule is Cc1cc(C)c2c(c1)nc(-c1cc(C(C)(C)C)c3ccccc3c1)c1c(C)c(CC(C)C)oc12. The molecule has 0 fully saturated rings. The molecule has 0 atom stereocenters. The molecule has 34 heavy (non-hydrogen) atoms. The first kappa shape index (κ1) is 22.7. The minimum atomic E-state index is 0.0208. The van der Waals surface area contributed by atoms with Crippen LogP contribution in [0.15, 0.2) is 52.9 Å². The van der Waals surface area contributed by atoms with Crippen molar-refractivity contribution in [2.45, 2.75) is 67.2 Å². The van der Waals surface area contributed by atoms with Crippen LogP contribution in [0.25, 0.3) is 43.9 Å². The molecular formula is C32H35NO. The summed E-state index contributed by atoms with van der Waals surface area (Å²) in [5, 5.41) is 4.86. The summed E-state index contributed by atoms with van der Waals surface area (Å²) in [6.07, 6.45) is 0.928. The predicted octanol–water partition coefficient (Wildman–Crippen LogP) is 9.22. The Balaban J connectivity index is 1.93. The van der Waals surface area contributed by atoms with Crippen molar-refractivity contribution in [3.05, 3.63) is 76.5 Å². The van der Waals surface area contributed by atoms with E-state index in [-0.39, 0.29) is 5.41 Å². The highest BCUT2D eigenvalue weighted by atomic mass is 16.3. The van der Waals surface area contributed by atoms with Gasteiger partial charge in [0.2, 0.25) is 0 Å². The van der Waals surface area contributed by atoms with Gasteiger partial charge < -0.3 is 4.42 Å². The molecule has 0 spiro atoms. The van der Waals surface area contributed by atoms with E-state index in [4.69, 9.17) is 9.40 Å². The number of hydrogen-bond acceptors (Lipinski definition) is 2. The van der Waals surface area contributed by atoms with Gasteiger partial charge in [0.15, 0.2) is 0 Å². The lowest BCUT2D eigenvalue weighted by molar-refractivity contribution is 0.498. The van der Waals surface area contributed by atoms with Crippen LogP contribution in [-0.4, -0.2) is 4.98 Å². The third kappa shape index (κ3) is 3.70.